The Morgan fingerprint density at radius 2 is 1.45 bits per heavy atom. The van der Waals surface area contributed by atoms with Gasteiger partial charge in [-0.1, -0.05) is 36.4 Å². The molecule has 29 heavy (non-hydrogen) atoms. The van der Waals surface area contributed by atoms with Crippen LogP contribution in [-0.2, 0) is 17.6 Å². The molecule has 0 saturated carbocycles. The first-order valence-electron chi connectivity index (χ1n) is 10.2. The molecule has 2 aliphatic heterocycles. The molecule has 0 aliphatic carbocycles. The molecule has 2 N–H and O–H groups in total. The Labute approximate surface area is 178 Å². The number of hydrogen-bond acceptors (Lipinski definition) is 4. The van der Waals surface area contributed by atoms with E-state index in [4.69, 9.17) is 5.11 Å². The highest BCUT2D eigenvalue weighted by Crippen LogP contribution is 2.36. The lowest BCUT2D eigenvalue weighted by Crippen LogP contribution is -2.43. The van der Waals surface area contributed by atoms with Gasteiger partial charge in [-0.2, -0.15) is 0 Å². The number of carbonyl (C=O) groups is 1. The summed E-state index contributed by atoms with van der Waals surface area (Å²) in [6.07, 6.45) is 2.83. The van der Waals surface area contributed by atoms with Crippen molar-refractivity contribution in [2.45, 2.75) is 31.8 Å². The van der Waals surface area contributed by atoms with E-state index < -0.39 is 12.1 Å². The molecule has 0 bridgehead atoms. The number of nitrogens with zero attached hydrogens (tertiary/aromatic N) is 2. The number of β-amino-alcohol motifs (C(OH)–C–C–N with tert-alkyl or cyclic N) is 1. The predicted molar refractivity (Wildman–Crippen MR) is 117 cm³/mol. The maximum absolute atomic E-state index is 11.1. The molecule has 5 nitrogen and oxygen atoms in total. The Morgan fingerprint density at radius 3 is 1.97 bits per heavy atom. The van der Waals surface area contributed by atoms with E-state index in [0.717, 1.165) is 25.9 Å². The molecule has 0 aromatic heterocycles. The van der Waals surface area contributed by atoms with Crippen molar-refractivity contribution in [2.24, 2.45) is 5.92 Å². The Hall–Kier alpha value is -2.08. The fourth-order valence-electron chi connectivity index (χ4n) is 4.50. The third-order valence-corrected chi connectivity index (χ3v) is 6.03. The first kappa shape index (κ1) is 21.6. The van der Waals surface area contributed by atoms with E-state index in [1.54, 1.807) is 0 Å². The molecule has 0 amide bonds. The van der Waals surface area contributed by atoms with Gasteiger partial charge < -0.3 is 20.0 Å². The number of anilines is 2. The van der Waals surface area contributed by atoms with Crippen LogP contribution in [0.2, 0.25) is 0 Å². The van der Waals surface area contributed by atoms with E-state index in [1.165, 1.54) is 22.5 Å². The zero-order chi connectivity index (χ0) is 19.5. The average Bonchev–Trinajstić information content (AvgIpc) is 2.86. The molecule has 2 aliphatic rings. The first-order chi connectivity index (χ1) is 13.6. The molecule has 6 heteroatoms. The number of piperidine rings is 1. The third-order valence-electron chi connectivity index (χ3n) is 6.03. The zero-order valence-electron chi connectivity index (χ0n) is 16.5. The first-order valence-corrected chi connectivity index (χ1v) is 10.2. The predicted octanol–water partition coefficient (Wildman–Crippen LogP) is 3.50. The van der Waals surface area contributed by atoms with E-state index in [2.05, 4.69) is 58.3 Å². The van der Waals surface area contributed by atoms with E-state index in [-0.39, 0.29) is 18.3 Å². The number of fused-ring (bicyclic) bond motifs is 2. The van der Waals surface area contributed by atoms with E-state index in [0.29, 0.717) is 25.9 Å². The highest BCUT2D eigenvalue weighted by molar-refractivity contribution is 5.85. The molecule has 156 valence electrons. The topological polar surface area (TPSA) is 64.0 Å². The second-order valence-electron chi connectivity index (χ2n) is 7.93. The molecule has 1 unspecified atom stereocenters. The van der Waals surface area contributed by atoms with Crippen molar-refractivity contribution in [1.82, 2.24) is 4.90 Å². The van der Waals surface area contributed by atoms with Crippen molar-refractivity contribution < 1.29 is 15.0 Å². The van der Waals surface area contributed by atoms with Crippen LogP contribution >= 0.6 is 12.4 Å². The van der Waals surface area contributed by atoms with Crippen LogP contribution in [0.1, 0.15) is 24.0 Å². The van der Waals surface area contributed by atoms with Gasteiger partial charge in [0.05, 0.1) is 18.6 Å². The van der Waals surface area contributed by atoms with Crippen molar-refractivity contribution in [3.63, 3.8) is 0 Å². The maximum Gasteiger partial charge on any atom is 0.306 e. The van der Waals surface area contributed by atoms with Crippen LogP contribution < -0.4 is 4.90 Å². The molecule has 0 radical (unpaired) electrons. The van der Waals surface area contributed by atoms with Crippen molar-refractivity contribution in [1.29, 1.82) is 0 Å². The lowest BCUT2D eigenvalue weighted by molar-refractivity contribution is -0.143. The molecule has 4 rings (SSSR count). The van der Waals surface area contributed by atoms with Gasteiger partial charge in [0.15, 0.2) is 0 Å². The summed E-state index contributed by atoms with van der Waals surface area (Å²) < 4.78 is 0. The largest absolute Gasteiger partial charge is 0.481 e. The minimum atomic E-state index is -0.696. The number of aliphatic hydroxyl groups excluding tert-OH is 1. The normalized spacial score (nSPS) is 18.2. The molecule has 2 aromatic rings. The van der Waals surface area contributed by atoms with Gasteiger partial charge in [0.2, 0.25) is 0 Å². The molecular formula is C23H29ClN2O3. The van der Waals surface area contributed by atoms with Gasteiger partial charge in [-0.25, -0.2) is 0 Å². The average molecular weight is 417 g/mol. The maximum atomic E-state index is 11.1. The Balaban J connectivity index is 0.00000240. The minimum Gasteiger partial charge on any atom is -0.481 e. The second kappa shape index (κ2) is 9.61. The van der Waals surface area contributed by atoms with Crippen LogP contribution in [0.25, 0.3) is 0 Å². The van der Waals surface area contributed by atoms with Crippen LogP contribution in [0, 0.1) is 5.92 Å². The molecule has 2 aromatic carbocycles. The van der Waals surface area contributed by atoms with Crippen LogP contribution in [0.3, 0.4) is 0 Å². The minimum absolute atomic E-state index is 0. The highest BCUT2D eigenvalue weighted by Gasteiger charge is 2.27. The second-order valence-corrected chi connectivity index (χ2v) is 7.93. The number of aryl methyl sites for hydroxylation is 2. The van der Waals surface area contributed by atoms with Crippen molar-refractivity contribution >= 4 is 29.8 Å². The van der Waals surface area contributed by atoms with Crippen molar-refractivity contribution in [3.8, 4) is 0 Å². The number of para-hydroxylation sites is 2. The summed E-state index contributed by atoms with van der Waals surface area (Å²) >= 11 is 0. The number of hydrogen-bond donors (Lipinski definition) is 2. The molecule has 2 heterocycles. The van der Waals surface area contributed by atoms with Crippen LogP contribution in [-0.4, -0.2) is 53.4 Å². The van der Waals surface area contributed by atoms with E-state index >= 15 is 0 Å². The number of aliphatic carboxylic acids is 1. The monoisotopic (exact) mass is 416 g/mol. The summed E-state index contributed by atoms with van der Waals surface area (Å²) in [5, 5.41) is 20.0. The summed E-state index contributed by atoms with van der Waals surface area (Å²) in [4.78, 5) is 15.6. The van der Waals surface area contributed by atoms with Crippen molar-refractivity contribution in [3.05, 3.63) is 59.7 Å². The Kier molecular flexibility index (Phi) is 7.17. The number of carboxylic acid groups (broad SMARTS) is 1. The van der Waals surface area contributed by atoms with Crippen molar-refractivity contribution in [2.75, 3.05) is 31.1 Å². The van der Waals surface area contributed by atoms with Gasteiger partial charge in [-0.15, -0.1) is 12.4 Å². The molecule has 1 fully saturated rings. The van der Waals surface area contributed by atoms with Gasteiger partial charge in [0.25, 0.3) is 0 Å². The van der Waals surface area contributed by atoms with Gasteiger partial charge in [0, 0.05) is 17.9 Å². The van der Waals surface area contributed by atoms with Gasteiger partial charge in [0.1, 0.15) is 0 Å². The fraction of sp³-hybridized carbons (Fsp3) is 0.435. The van der Waals surface area contributed by atoms with Crippen LogP contribution in [0.5, 0.6) is 0 Å². The Morgan fingerprint density at radius 1 is 0.931 bits per heavy atom. The molecular weight excluding hydrogens is 388 g/mol. The zero-order valence-corrected chi connectivity index (χ0v) is 17.4. The number of carboxylic acids is 1. The molecule has 1 saturated heterocycles. The van der Waals surface area contributed by atoms with Crippen LogP contribution in [0.4, 0.5) is 11.4 Å². The van der Waals surface area contributed by atoms with E-state index in [9.17, 15) is 9.90 Å². The standard InChI is InChI=1S/C23H28N2O3.ClH/c26-20(15-24-13-11-19(12-14-24)23(27)28)16-25-21-7-3-1-5-17(21)9-10-18-6-2-4-8-22(18)25;/h1-8,19-20,26H,9-16H2,(H,27,28);1H. The lowest BCUT2D eigenvalue weighted by Gasteiger charge is -2.34. The number of likely N-dealkylation sites (tertiary alicyclic amines) is 1. The summed E-state index contributed by atoms with van der Waals surface area (Å²) in [5.74, 6) is -0.935. The number of rotatable bonds is 5. The highest BCUT2D eigenvalue weighted by atomic mass is 35.5. The number of aliphatic hydroxyl groups is 1. The quantitative estimate of drug-likeness (QED) is 0.781. The van der Waals surface area contributed by atoms with Gasteiger partial charge in [-0.05, 0) is 62.0 Å². The Bertz CT molecular complexity index is 789. The molecule has 0 spiro atoms. The van der Waals surface area contributed by atoms with Crippen LogP contribution in [0.15, 0.2) is 48.5 Å². The SMILES string of the molecule is Cl.O=C(O)C1CCN(CC(O)CN2c3ccccc3CCc3ccccc32)CC1. The number of halogens is 1. The van der Waals surface area contributed by atoms with E-state index in [1.807, 2.05) is 0 Å². The molecule has 1 atom stereocenters. The smallest absolute Gasteiger partial charge is 0.306 e. The van der Waals surface area contributed by atoms with Gasteiger partial charge >= 0.3 is 5.97 Å². The lowest BCUT2D eigenvalue weighted by atomic mass is 9.97. The summed E-state index contributed by atoms with van der Waals surface area (Å²) in [6.45, 7) is 2.59. The summed E-state index contributed by atoms with van der Waals surface area (Å²) in [6, 6.07) is 16.9. The third kappa shape index (κ3) is 4.92. The summed E-state index contributed by atoms with van der Waals surface area (Å²) in [5.41, 5.74) is 4.98. The summed E-state index contributed by atoms with van der Waals surface area (Å²) in [7, 11) is 0. The number of benzene rings is 2. The van der Waals surface area contributed by atoms with Gasteiger partial charge in [-0.3, -0.25) is 4.79 Å². The fourth-order valence-corrected chi connectivity index (χ4v) is 4.50.